The van der Waals surface area contributed by atoms with E-state index in [1.54, 1.807) is 25.3 Å². The molecule has 0 atom stereocenters. The molecule has 0 bridgehead atoms. The maximum Gasteiger partial charge on any atom is 0.338 e. The quantitative estimate of drug-likeness (QED) is 0.724. The second kappa shape index (κ2) is 6.22. The van der Waals surface area contributed by atoms with Gasteiger partial charge in [0.2, 0.25) is 0 Å². The second-order valence-corrected chi connectivity index (χ2v) is 3.92. The van der Waals surface area contributed by atoms with Crippen LogP contribution >= 0.6 is 0 Å². The summed E-state index contributed by atoms with van der Waals surface area (Å²) >= 11 is 0. The monoisotopic (exact) mass is 238 g/mol. The normalized spacial score (nSPS) is 10.8. The molecular formula is C12H18N2O3. The first kappa shape index (κ1) is 13.5. The molecule has 5 nitrogen and oxygen atoms in total. The lowest BCUT2D eigenvalue weighted by Crippen LogP contribution is -2.23. The molecule has 94 valence electrons. The number of methoxy groups -OCH3 is 1. The van der Waals surface area contributed by atoms with Crippen molar-refractivity contribution in [2.45, 2.75) is 6.54 Å². The van der Waals surface area contributed by atoms with E-state index in [-0.39, 0.29) is 5.56 Å². The van der Waals surface area contributed by atoms with Gasteiger partial charge in [-0.3, -0.25) is 4.90 Å². The van der Waals surface area contributed by atoms with Crippen LogP contribution in [-0.4, -0.2) is 43.3 Å². The van der Waals surface area contributed by atoms with Crippen LogP contribution in [0.25, 0.3) is 0 Å². The maximum atomic E-state index is 11.1. The van der Waals surface area contributed by atoms with Crippen molar-refractivity contribution in [2.75, 3.05) is 33.0 Å². The first-order chi connectivity index (χ1) is 8.06. The molecule has 0 heterocycles. The molecule has 0 aromatic heterocycles. The Hall–Kier alpha value is -1.59. The van der Waals surface area contributed by atoms with Crippen LogP contribution in [0.4, 0.5) is 5.69 Å². The molecule has 0 aliphatic rings. The number of anilines is 1. The molecule has 0 radical (unpaired) electrons. The highest BCUT2D eigenvalue weighted by Crippen LogP contribution is 2.18. The lowest BCUT2D eigenvalue weighted by Gasteiger charge is -2.18. The van der Waals surface area contributed by atoms with Crippen LogP contribution in [0.1, 0.15) is 15.9 Å². The number of nitrogens with two attached hydrogens (primary N) is 1. The molecule has 0 amide bonds. The van der Waals surface area contributed by atoms with Crippen LogP contribution in [0.3, 0.4) is 0 Å². The van der Waals surface area contributed by atoms with Crippen LogP contribution < -0.4 is 5.73 Å². The van der Waals surface area contributed by atoms with E-state index in [0.29, 0.717) is 18.8 Å². The van der Waals surface area contributed by atoms with Gasteiger partial charge in [-0.15, -0.1) is 0 Å². The molecule has 1 aromatic carbocycles. The van der Waals surface area contributed by atoms with Gasteiger partial charge < -0.3 is 15.6 Å². The first-order valence-corrected chi connectivity index (χ1v) is 5.34. The zero-order valence-corrected chi connectivity index (χ0v) is 10.1. The fraction of sp³-hybridized carbons (Fsp3) is 0.417. The molecule has 17 heavy (non-hydrogen) atoms. The van der Waals surface area contributed by atoms with Crippen molar-refractivity contribution in [3.8, 4) is 0 Å². The molecule has 5 heteroatoms. The predicted molar refractivity (Wildman–Crippen MR) is 66.0 cm³/mol. The number of carboxylic acid groups (broad SMARTS) is 1. The largest absolute Gasteiger partial charge is 0.478 e. The maximum absolute atomic E-state index is 11.1. The topological polar surface area (TPSA) is 75.8 Å². The minimum absolute atomic E-state index is 0.191. The van der Waals surface area contributed by atoms with Gasteiger partial charge in [0.15, 0.2) is 0 Å². The number of likely N-dealkylation sites (N-methyl/N-ethyl adjacent to an activating group) is 1. The molecule has 0 saturated carbocycles. The number of aromatic carboxylic acids is 1. The highest BCUT2D eigenvalue weighted by atomic mass is 16.5. The lowest BCUT2D eigenvalue weighted by atomic mass is 10.1. The summed E-state index contributed by atoms with van der Waals surface area (Å²) in [6, 6.07) is 5.15. The van der Waals surface area contributed by atoms with E-state index in [2.05, 4.69) is 0 Å². The molecule has 0 spiro atoms. The Labute approximate surface area is 101 Å². The van der Waals surface area contributed by atoms with Crippen molar-refractivity contribution in [3.63, 3.8) is 0 Å². The SMILES string of the molecule is COCCN(C)Cc1cccc(N)c1C(=O)O. The van der Waals surface area contributed by atoms with Crippen LogP contribution in [0.5, 0.6) is 0 Å². The van der Waals surface area contributed by atoms with Crippen molar-refractivity contribution >= 4 is 11.7 Å². The zero-order chi connectivity index (χ0) is 12.8. The van der Waals surface area contributed by atoms with Crippen LogP contribution in [0.15, 0.2) is 18.2 Å². The van der Waals surface area contributed by atoms with Gasteiger partial charge in [-0.2, -0.15) is 0 Å². The van der Waals surface area contributed by atoms with Gasteiger partial charge in [0.25, 0.3) is 0 Å². The fourth-order valence-corrected chi connectivity index (χ4v) is 1.63. The number of hydrogen-bond donors (Lipinski definition) is 2. The second-order valence-electron chi connectivity index (χ2n) is 3.92. The minimum atomic E-state index is -0.988. The van der Waals surface area contributed by atoms with Crippen LogP contribution in [-0.2, 0) is 11.3 Å². The van der Waals surface area contributed by atoms with E-state index in [1.807, 2.05) is 11.9 Å². The number of ether oxygens (including phenoxy) is 1. The summed E-state index contributed by atoms with van der Waals surface area (Å²) in [5, 5.41) is 9.11. The number of nitrogens with zero attached hydrogens (tertiary/aromatic N) is 1. The molecule has 0 aliphatic carbocycles. The van der Waals surface area contributed by atoms with Crippen molar-refractivity contribution < 1.29 is 14.6 Å². The summed E-state index contributed by atoms with van der Waals surface area (Å²) in [5.74, 6) is -0.988. The zero-order valence-electron chi connectivity index (χ0n) is 10.1. The lowest BCUT2D eigenvalue weighted by molar-refractivity contribution is 0.0695. The molecule has 0 unspecified atom stereocenters. The fourth-order valence-electron chi connectivity index (χ4n) is 1.63. The van der Waals surface area contributed by atoms with Gasteiger partial charge >= 0.3 is 5.97 Å². The highest BCUT2D eigenvalue weighted by molar-refractivity contribution is 5.95. The highest BCUT2D eigenvalue weighted by Gasteiger charge is 2.14. The van der Waals surface area contributed by atoms with E-state index in [0.717, 1.165) is 12.1 Å². The Balaban J connectivity index is 2.83. The predicted octanol–water partition coefficient (Wildman–Crippen LogP) is 1.05. The van der Waals surface area contributed by atoms with Crippen LogP contribution in [0, 0.1) is 0 Å². The van der Waals surface area contributed by atoms with Crippen LogP contribution in [0.2, 0.25) is 0 Å². The van der Waals surface area contributed by atoms with Gasteiger partial charge in [-0.1, -0.05) is 12.1 Å². The van der Waals surface area contributed by atoms with E-state index in [9.17, 15) is 4.79 Å². The Morgan fingerprint density at radius 3 is 2.82 bits per heavy atom. The minimum Gasteiger partial charge on any atom is -0.478 e. The van der Waals surface area contributed by atoms with Gasteiger partial charge in [-0.05, 0) is 18.7 Å². The Bertz CT molecular complexity index is 393. The van der Waals surface area contributed by atoms with Crippen molar-refractivity contribution in [2.24, 2.45) is 0 Å². The molecule has 0 aliphatic heterocycles. The number of carbonyl (C=O) groups is 1. The van der Waals surface area contributed by atoms with E-state index in [4.69, 9.17) is 15.6 Å². The van der Waals surface area contributed by atoms with E-state index >= 15 is 0 Å². The summed E-state index contributed by atoms with van der Waals surface area (Å²) < 4.78 is 4.97. The summed E-state index contributed by atoms with van der Waals surface area (Å²) in [7, 11) is 3.55. The molecule has 0 fully saturated rings. The Kier molecular flexibility index (Phi) is 4.93. The molecule has 1 aromatic rings. The third kappa shape index (κ3) is 3.72. The summed E-state index contributed by atoms with van der Waals surface area (Å²) in [4.78, 5) is 13.1. The van der Waals surface area contributed by atoms with Gasteiger partial charge in [0.1, 0.15) is 0 Å². The summed E-state index contributed by atoms with van der Waals surface area (Å²) in [6.07, 6.45) is 0. The van der Waals surface area contributed by atoms with Crippen molar-refractivity contribution in [1.29, 1.82) is 0 Å². The smallest absolute Gasteiger partial charge is 0.338 e. The van der Waals surface area contributed by atoms with Gasteiger partial charge in [-0.25, -0.2) is 4.79 Å². The average molecular weight is 238 g/mol. The summed E-state index contributed by atoms with van der Waals surface area (Å²) in [6.45, 7) is 1.89. The number of hydrogen-bond acceptors (Lipinski definition) is 4. The standard InChI is InChI=1S/C12H18N2O3/c1-14(6-7-17-2)8-9-4-3-5-10(13)11(9)12(15)16/h3-5H,6-8,13H2,1-2H3,(H,15,16). The van der Waals surface area contributed by atoms with E-state index < -0.39 is 5.97 Å². The van der Waals surface area contributed by atoms with Gasteiger partial charge in [0, 0.05) is 25.9 Å². The Morgan fingerprint density at radius 2 is 2.24 bits per heavy atom. The Morgan fingerprint density at radius 1 is 1.53 bits per heavy atom. The number of nitrogen functional groups attached to an aromatic ring is 1. The first-order valence-electron chi connectivity index (χ1n) is 5.34. The average Bonchev–Trinajstić information content (AvgIpc) is 2.25. The summed E-state index contributed by atoms with van der Waals surface area (Å²) in [5.41, 5.74) is 6.89. The molecule has 1 rings (SSSR count). The van der Waals surface area contributed by atoms with Gasteiger partial charge in [0.05, 0.1) is 12.2 Å². The molecular weight excluding hydrogens is 220 g/mol. The third-order valence-corrected chi connectivity index (χ3v) is 2.51. The number of benzene rings is 1. The molecule has 3 N–H and O–H groups in total. The van der Waals surface area contributed by atoms with Crippen molar-refractivity contribution in [3.05, 3.63) is 29.3 Å². The third-order valence-electron chi connectivity index (χ3n) is 2.51. The molecule has 0 saturated heterocycles. The van der Waals surface area contributed by atoms with E-state index in [1.165, 1.54) is 0 Å². The van der Waals surface area contributed by atoms with Crippen molar-refractivity contribution in [1.82, 2.24) is 4.90 Å². The number of rotatable bonds is 6. The number of carboxylic acids is 1.